The number of methoxy groups -OCH3 is 1. The summed E-state index contributed by atoms with van der Waals surface area (Å²) in [5, 5.41) is 2.00. The molecule has 0 saturated carbocycles. The number of carbonyl (C=O) groups is 1. The van der Waals surface area contributed by atoms with Gasteiger partial charge in [0.2, 0.25) is 0 Å². The van der Waals surface area contributed by atoms with Crippen LogP contribution in [-0.2, 0) is 17.9 Å². The third-order valence-electron chi connectivity index (χ3n) is 3.88. The van der Waals surface area contributed by atoms with Crippen molar-refractivity contribution >= 4 is 17.2 Å². The molecule has 2 aromatic heterocycles. The molecule has 0 saturated heterocycles. The van der Waals surface area contributed by atoms with Gasteiger partial charge in [-0.2, -0.15) is 0 Å². The summed E-state index contributed by atoms with van der Waals surface area (Å²) in [7, 11) is 1.59. The smallest absolute Gasteiger partial charge is 0.261 e. The van der Waals surface area contributed by atoms with Crippen LogP contribution < -0.4 is 9.47 Å². The summed E-state index contributed by atoms with van der Waals surface area (Å²) in [5.41, 5.74) is 1.07. The average Bonchev–Trinajstić information content (AvgIpc) is 3.33. The minimum absolute atomic E-state index is 0.0640. The fraction of sp³-hybridized carbons (Fsp3) is 0.250. The van der Waals surface area contributed by atoms with Crippen molar-refractivity contribution in [1.82, 2.24) is 4.90 Å². The van der Waals surface area contributed by atoms with E-state index in [1.54, 1.807) is 29.6 Å². The van der Waals surface area contributed by atoms with Crippen LogP contribution in [0.15, 0.2) is 58.5 Å². The molecule has 1 amide bonds. The molecule has 0 fully saturated rings. The molecule has 3 aromatic rings. The standard InChI is InChI=1S/C20H21NO4S/c1-15-7-8-18(19(11-15)23-2)25-14-20(22)21(12-16-5-3-9-24-16)13-17-6-4-10-26-17/h3-11H,12-14H2,1-2H3. The number of aryl methyl sites for hydroxylation is 1. The van der Waals surface area contributed by atoms with Gasteiger partial charge >= 0.3 is 0 Å². The summed E-state index contributed by atoms with van der Waals surface area (Å²) >= 11 is 1.62. The molecule has 136 valence electrons. The van der Waals surface area contributed by atoms with Crippen molar-refractivity contribution in [2.24, 2.45) is 0 Å². The van der Waals surface area contributed by atoms with Crippen molar-refractivity contribution in [3.63, 3.8) is 0 Å². The van der Waals surface area contributed by atoms with E-state index in [1.807, 2.05) is 54.8 Å². The zero-order valence-corrected chi connectivity index (χ0v) is 15.6. The van der Waals surface area contributed by atoms with Crippen molar-refractivity contribution < 1.29 is 18.7 Å². The first kappa shape index (κ1) is 18.1. The maximum atomic E-state index is 12.8. The number of ether oxygens (including phenoxy) is 2. The normalized spacial score (nSPS) is 10.5. The molecule has 0 unspecified atom stereocenters. The number of benzene rings is 1. The van der Waals surface area contributed by atoms with Crippen LogP contribution in [0.5, 0.6) is 11.5 Å². The van der Waals surface area contributed by atoms with Gasteiger partial charge in [0.1, 0.15) is 5.76 Å². The van der Waals surface area contributed by atoms with Crippen LogP contribution >= 0.6 is 11.3 Å². The first-order valence-electron chi connectivity index (χ1n) is 8.25. The van der Waals surface area contributed by atoms with Gasteiger partial charge in [0.15, 0.2) is 18.1 Å². The number of carbonyl (C=O) groups excluding carboxylic acids is 1. The van der Waals surface area contributed by atoms with Gasteiger partial charge in [0, 0.05) is 4.88 Å². The number of furan rings is 1. The second kappa shape index (κ2) is 8.58. The first-order valence-corrected chi connectivity index (χ1v) is 9.13. The molecule has 26 heavy (non-hydrogen) atoms. The van der Waals surface area contributed by atoms with Gasteiger partial charge in [-0.25, -0.2) is 0 Å². The van der Waals surface area contributed by atoms with Gasteiger partial charge in [-0.05, 0) is 48.2 Å². The lowest BCUT2D eigenvalue weighted by Gasteiger charge is -2.21. The predicted molar refractivity (Wildman–Crippen MR) is 101 cm³/mol. The van der Waals surface area contributed by atoms with Crippen LogP contribution in [0.3, 0.4) is 0 Å². The van der Waals surface area contributed by atoms with Gasteiger partial charge in [0.25, 0.3) is 5.91 Å². The number of amides is 1. The van der Waals surface area contributed by atoms with Crippen LogP contribution in [0.2, 0.25) is 0 Å². The molecular formula is C20H21NO4S. The number of hydrogen-bond acceptors (Lipinski definition) is 5. The van der Waals surface area contributed by atoms with Crippen molar-refractivity contribution in [1.29, 1.82) is 0 Å². The minimum Gasteiger partial charge on any atom is -0.493 e. The Balaban J connectivity index is 1.68. The van der Waals surface area contributed by atoms with Crippen molar-refractivity contribution in [3.8, 4) is 11.5 Å². The van der Waals surface area contributed by atoms with E-state index < -0.39 is 0 Å². The lowest BCUT2D eigenvalue weighted by molar-refractivity contribution is -0.134. The van der Waals surface area contributed by atoms with Gasteiger partial charge in [-0.3, -0.25) is 4.79 Å². The Morgan fingerprint density at radius 3 is 2.73 bits per heavy atom. The van der Waals surface area contributed by atoms with Crippen LogP contribution in [0.1, 0.15) is 16.2 Å². The lowest BCUT2D eigenvalue weighted by atomic mass is 10.2. The third-order valence-corrected chi connectivity index (χ3v) is 4.74. The van der Waals surface area contributed by atoms with Gasteiger partial charge in [0.05, 0.1) is 26.5 Å². The lowest BCUT2D eigenvalue weighted by Crippen LogP contribution is -2.33. The minimum atomic E-state index is -0.113. The highest BCUT2D eigenvalue weighted by Crippen LogP contribution is 2.28. The average molecular weight is 371 g/mol. The Hall–Kier alpha value is -2.73. The number of nitrogens with zero attached hydrogens (tertiary/aromatic N) is 1. The van der Waals surface area contributed by atoms with Gasteiger partial charge in [-0.1, -0.05) is 12.1 Å². The summed E-state index contributed by atoms with van der Waals surface area (Å²) in [4.78, 5) is 15.6. The van der Waals surface area contributed by atoms with E-state index in [9.17, 15) is 4.79 Å². The number of hydrogen-bond donors (Lipinski definition) is 0. The van der Waals surface area contributed by atoms with Crippen molar-refractivity contribution in [2.45, 2.75) is 20.0 Å². The van der Waals surface area contributed by atoms with Crippen LogP contribution in [0, 0.1) is 6.92 Å². The molecule has 1 aromatic carbocycles. The maximum absolute atomic E-state index is 12.8. The summed E-state index contributed by atoms with van der Waals surface area (Å²) in [6.07, 6.45) is 1.61. The first-order chi connectivity index (χ1) is 12.7. The molecular weight excluding hydrogens is 350 g/mol. The zero-order chi connectivity index (χ0) is 18.4. The maximum Gasteiger partial charge on any atom is 0.261 e. The van der Waals surface area contributed by atoms with E-state index in [4.69, 9.17) is 13.9 Å². The van der Waals surface area contributed by atoms with E-state index in [0.717, 1.165) is 16.2 Å². The largest absolute Gasteiger partial charge is 0.493 e. The molecule has 0 spiro atoms. The Bertz CT molecular complexity index is 791. The van der Waals surface area contributed by atoms with Gasteiger partial charge in [-0.15, -0.1) is 11.3 Å². The molecule has 0 atom stereocenters. The Labute approximate surface area is 156 Å². The predicted octanol–water partition coefficient (Wildman–Crippen LogP) is 4.27. The fourth-order valence-electron chi connectivity index (χ4n) is 2.54. The Morgan fingerprint density at radius 1 is 1.15 bits per heavy atom. The van der Waals surface area contributed by atoms with Crippen LogP contribution in [-0.4, -0.2) is 24.5 Å². The van der Waals surface area contributed by atoms with E-state index >= 15 is 0 Å². The molecule has 0 aliphatic rings. The summed E-state index contributed by atoms with van der Waals surface area (Å²) < 4.78 is 16.4. The second-order valence-corrected chi connectivity index (χ2v) is 6.88. The third kappa shape index (κ3) is 4.67. The quantitative estimate of drug-likeness (QED) is 0.593. The number of rotatable bonds is 8. The van der Waals surface area contributed by atoms with Crippen LogP contribution in [0.25, 0.3) is 0 Å². The molecule has 2 heterocycles. The van der Waals surface area contributed by atoms with E-state index in [0.29, 0.717) is 24.6 Å². The molecule has 6 heteroatoms. The molecule has 0 bridgehead atoms. The number of thiophene rings is 1. The van der Waals surface area contributed by atoms with Crippen molar-refractivity contribution in [3.05, 3.63) is 70.3 Å². The SMILES string of the molecule is COc1cc(C)ccc1OCC(=O)N(Cc1ccco1)Cc1cccs1. The monoisotopic (exact) mass is 371 g/mol. The fourth-order valence-corrected chi connectivity index (χ4v) is 3.26. The zero-order valence-electron chi connectivity index (χ0n) is 14.8. The molecule has 0 aliphatic heterocycles. The molecule has 3 rings (SSSR count). The van der Waals surface area contributed by atoms with E-state index in [2.05, 4.69) is 0 Å². The highest BCUT2D eigenvalue weighted by Gasteiger charge is 2.18. The molecule has 0 N–H and O–H groups in total. The topological polar surface area (TPSA) is 51.9 Å². The summed E-state index contributed by atoms with van der Waals surface area (Å²) in [6, 6.07) is 13.3. The Morgan fingerprint density at radius 2 is 2.04 bits per heavy atom. The van der Waals surface area contributed by atoms with E-state index in [-0.39, 0.29) is 12.5 Å². The highest BCUT2D eigenvalue weighted by atomic mass is 32.1. The molecule has 5 nitrogen and oxygen atoms in total. The van der Waals surface area contributed by atoms with Gasteiger partial charge < -0.3 is 18.8 Å². The highest BCUT2D eigenvalue weighted by molar-refractivity contribution is 7.09. The summed E-state index contributed by atoms with van der Waals surface area (Å²) in [5.74, 6) is 1.80. The van der Waals surface area contributed by atoms with E-state index in [1.165, 1.54) is 0 Å². The molecule has 0 aliphatic carbocycles. The Kier molecular flexibility index (Phi) is 5.96. The van der Waals surface area contributed by atoms with Crippen molar-refractivity contribution in [2.75, 3.05) is 13.7 Å². The van der Waals surface area contributed by atoms with Crippen LogP contribution in [0.4, 0.5) is 0 Å². The molecule has 0 radical (unpaired) electrons. The summed E-state index contributed by atoms with van der Waals surface area (Å²) in [6.45, 7) is 2.83. The second-order valence-electron chi connectivity index (χ2n) is 5.85.